The fourth-order valence-electron chi connectivity index (χ4n) is 10.5. The summed E-state index contributed by atoms with van der Waals surface area (Å²) in [5.41, 5.74) is 0. The maximum atomic E-state index is 13.4. The molecule has 1 fully saturated rings. The monoisotopic (exact) mass is 944 g/mol. The van der Waals surface area contributed by atoms with Gasteiger partial charge in [-0.1, -0.05) is 246 Å². The summed E-state index contributed by atoms with van der Waals surface area (Å²) < 4.78 is 0. The molecule has 0 aromatic carbocycles. The molecule has 0 saturated heterocycles. The molecule has 6 nitrogen and oxygen atoms in total. The minimum atomic E-state index is 0.349. The third kappa shape index (κ3) is 41.2. The van der Waals surface area contributed by atoms with E-state index < -0.39 is 0 Å². The van der Waals surface area contributed by atoms with E-state index in [9.17, 15) is 14.7 Å². The van der Waals surface area contributed by atoms with Gasteiger partial charge in [0.05, 0.1) is 0 Å². The van der Waals surface area contributed by atoms with Gasteiger partial charge in [-0.05, 0) is 82.7 Å². The molecule has 1 saturated carbocycles. The van der Waals surface area contributed by atoms with Gasteiger partial charge in [-0.2, -0.15) is 0 Å². The van der Waals surface area contributed by atoms with Crippen LogP contribution in [0.4, 0.5) is 0 Å². The molecule has 1 aliphatic carbocycles. The van der Waals surface area contributed by atoms with Crippen molar-refractivity contribution in [3.05, 3.63) is 0 Å². The van der Waals surface area contributed by atoms with E-state index in [2.05, 4.69) is 42.4 Å². The van der Waals surface area contributed by atoms with Gasteiger partial charge in [-0.3, -0.25) is 9.59 Å². The zero-order valence-corrected chi connectivity index (χ0v) is 46.2. The molecule has 1 rings (SSSR count). The van der Waals surface area contributed by atoms with Gasteiger partial charge >= 0.3 is 0 Å². The topological polar surface area (TPSA) is 64.1 Å². The Kier molecular flexibility index (Phi) is 47.5. The Morgan fingerprint density at radius 1 is 0.328 bits per heavy atom. The maximum absolute atomic E-state index is 13.4. The first-order chi connectivity index (χ1) is 33.0. The van der Waals surface area contributed by atoms with Crippen LogP contribution in [0.2, 0.25) is 0 Å². The van der Waals surface area contributed by atoms with Gasteiger partial charge in [-0.15, -0.1) is 0 Å². The van der Waals surface area contributed by atoms with Gasteiger partial charge in [0.2, 0.25) is 11.8 Å². The Hall–Kier alpha value is -1.14. The van der Waals surface area contributed by atoms with Crippen molar-refractivity contribution >= 4 is 11.8 Å². The molecule has 0 radical (unpaired) electrons. The Morgan fingerprint density at radius 2 is 0.567 bits per heavy atom. The quantitative estimate of drug-likeness (QED) is 0.0617. The van der Waals surface area contributed by atoms with Crippen LogP contribution in [-0.4, -0.2) is 84.0 Å². The maximum Gasteiger partial charge on any atom is 0.222 e. The summed E-state index contributed by atoms with van der Waals surface area (Å²) in [6, 6.07) is 0. The number of carbonyl (C=O) groups is 2. The van der Waals surface area contributed by atoms with Crippen molar-refractivity contribution in [3.63, 3.8) is 0 Å². The number of unbranched alkanes of at least 4 members (excludes halogenated alkanes) is 36. The van der Waals surface area contributed by atoms with Gasteiger partial charge in [0.1, 0.15) is 0 Å². The van der Waals surface area contributed by atoms with Crippen LogP contribution < -0.4 is 0 Å². The van der Waals surface area contributed by atoms with Gasteiger partial charge in [0.15, 0.2) is 0 Å². The molecule has 1 N–H and O–H groups in total. The molecule has 0 unspecified atom stereocenters. The van der Waals surface area contributed by atoms with E-state index in [1.54, 1.807) is 0 Å². The number of amides is 2. The summed E-state index contributed by atoms with van der Waals surface area (Å²) in [5, 5.41) is 9.75. The van der Waals surface area contributed by atoms with E-state index in [1.807, 2.05) is 0 Å². The lowest BCUT2D eigenvalue weighted by Crippen LogP contribution is -2.32. The molecular formula is C61H121N3O3. The van der Waals surface area contributed by atoms with E-state index in [-0.39, 0.29) is 0 Å². The summed E-state index contributed by atoms with van der Waals surface area (Å²) in [7, 11) is 0. The molecule has 1 aliphatic rings. The van der Waals surface area contributed by atoms with Crippen LogP contribution in [0.5, 0.6) is 0 Å². The summed E-state index contributed by atoms with van der Waals surface area (Å²) in [5.74, 6) is 2.03. The van der Waals surface area contributed by atoms with Gasteiger partial charge in [0, 0.05) is 52.2 Å². The minimum Gasteiger partial charge on any atom is -0.396 e. The van der Waals surface area contributed by atoms with Crippen molar-refractivity contribution in [1.82, 2.24) is 14.7 Å². The molecular weight excluding hydrogens is 823 g/mol. The summed E-state index contributed by atoms with van der Waals surface area (Å²) >= 11 is 0. The number of hydrogen-bond donors (Lipinski definition) is 1. The Bertz CT molecular complexity index is 929. The SMILES string of the molecule is CCCCCCCCCCN(CCCCCCCCCC)C(=O)CCCCCCCN(CCCCCCCC(=O)N(CCCCCCCCCC)CCCCCCCCCC)C[C@@H]1C[C@H]1CO. The van der Waals surface area contributed by atoms with Crippen LogP contribution in [-0.2, 0) is 9.59 Å². The lowest BCUT2D eigenvalue weighted by Gasteiger charge is -2.23. The standard InChI is InChI=1S/C61H121N3O3/c1-5-9-13-17-21-25-35-43-51-63(52-44-36-26-22-18-14-10-6-2)60(66)47-39-31-29-33-41-49-62(56-58-55-59(58)57-65)50-42-34-30-32-40-48-61(67)64(53-45-37-27-23-19-15-11-7-3)54-46-38-28-24-20-16-12-8-4/h58-59,65H,5-57H2,1-4H3/t58-,59-/m0/s1. The summed E-state index contributed by atoms with van der Waals surface area (Å²) in [4.78, 5) is 34.1. The van der Waals surface area contributed by atoms with Gasteiger partial charge in [0.25, 0.3) is 0 Å². The average molecular weight is 945 g/mol. The van der Waals surface area contributed by atoms with Gasteiger partial charge < -0.3 is 19.8 Å². The molecule has 67 heavy (non-hydrogen) atoms. The molecule has 0 aromatic rings. The normalized spacial score (nSPS) is 14.7. The van der Waals surface area contributed by atoms with Crippen LogP contribution in [0.1, 0.15) is 317 Å². The van der Waals surface area contributed by atoms with Crippen LogP contribution >= 0.6 is 0 Å². The van der Waals surface area contributed by atoms with Crippen molar-refractivity contribution < 1.29 is 14.7 Å². The number of aliphatic hydroxyl groups excluding tert-OH is 1. The number of hydrogen-bond acceptors (Lipinski definition) is 4. The number of aliphatic hydroxyl groups is 1. The van der Waals surface area contributed by atoms with E-state index in [1.165, 1.54) is 276 Å². The molecule has 0 spiro atoms. The molecule has 0 aliphatic heterocycles. The highest BCUT2D eigenvalue weighted by Gasteiger charge is 2.37. The van der Waals surface area contributed by atoms with Crippen LogP contribution in [0, 0.1) is 11.8 Å². The predicted molar refractivity (Wildman–Crippen MR) is 294 cm³/mol. The number of carbonyl (C=O) groups excluding carboxylic acids is 2. The zero-order valence-electron chi connectivity index (χ0n) is 46.2. The number of nitrogens with zero attached hydrogens (tertiary/aromatic N) is 3. The largest absolute Gasteiger partial charge is 0.396 e. The van der Waals surface area contributed by atoms with Gasteiger partial charge in [-0.25, -0.2) is 0 Å². The highest BCUT2D eigenvalue weighted by atomic mass is 16.3. The number of rotatable bonds is 55. The van der Waals surface area contributed by atoms with Crippen molar-refractivity contribution in [2.75, 3.05) is 52.4 Å². The van der Waals surface area contributed by atoms with Crippen LogP contribution in [0.25, 0.3) is 0 Å². The van der Waals surface area contributed by atoms with Crippen LogP contribution in [0.15, 0.2) is 0 Å². The summed E-state index contributed by atoms with van der Waals surface area (Å²) in [6.07, 6.45) is 56.8. The first kappa shape index (κ1) is 63.9. The Balaban J connectivity index is 2.39. The van der Waals surface area contributed by atoms with Crippen molar-refractivity contribution in [3.8, 4) is 0 Å². The average Bonchev–Trinajstić information content (AvgIpc) is 4.10. The van der Waals surface area contributed by atoms with E-state index in [4.69, 9.17) is 0 Å². The van der Waals surface area contributed by atoms with E-state index in [0.717, 1.165) is 58.4 Å². The van der Waals surface area contributed by atoms with E-state index in [0.29, 0.717) is 30.3 Å². The first-order valence-electron chi connectivity index (χ1n) is 30.9. The fraction of sp³-hybridized carbons (Fsp3) is 0.967. The Labute approximate surface area is 420 Å². The second kappa shape index (κ2) is 49.8. The smallest absolute Gasteiger partial charge is 0.222 e. The molecule has 6 heteroatoms. The van der Waals surface area contributed by atoms with Crippen molar-refractivity contribution in [1.29, 1.82) is 0 Å². The Morgan fingerprint density at radius 3 is 0.821 bits per heavy atom. The molecule has 398 valence electrons. The third-order valence-electron chi connectivity index (χ3n) is 15.4. The lowest BCUT2D eigenvalue weighted by molar-refractivity contribution is -0.132. The highest BCUT2D eigenvalue weighted by molar-refractivity contribution is 5.76. The van der Waals surface area contributed by atoms with Crippen molar-refractivity contribution in [2.24, 2.45) is 11.8 Å². The molecule has 2 amide bonds. The second-order valence-corrected chi connectivity index (χ2v) is 21.9. The third-order valence-corrected chi connectivity index (χ3v) is 15.4. The second-order valence-electron chi connectivity index (χ2n) is 21.9. The van der Waals surface area contributed by atoms with Crippen LogP contribution in [0.3, 0.4) is 0 Å². The summed E-state index contributed by atoms with van der Waals surface area (Å²) in [6.45, 7) is 16.9. The first-order valence-corrected chi connectivity index (χ1v) is 30.9. The van der Waals surface area contributed by atoms with E-state index >= 15 is 0 Å². The fourth-order valence-corrected chi connectivity index (χ4v) is 10.5. The highest BCUT2D eigenvalue weighted by Crippen LogP contribution is 2.38. The predicted octanol–water partition coefficient (Wildman–Crippen LogP) is 17.8. The molecule has 0 aromatic heterocycles. The lowest BCUT2D eigenvalue weighted by atomic mass is 10.1. The molecule has 0 heterocycles. The zero-order chi connectivity index (χ0) is 48.5. The molecule has 2 atom stereocenters. The van der Waals surface area contributed by atoms with Crippen molar-refractivity contribution in [2.45, 2.75) is 317 Å². The minimum absolute atomic E-state index is 0.349. The molecule has 0 bridgehead atoms.